The minimum atomic E-state index is -4.93. The van der Waals surface area contributed by atoms with Crippen LogP contribution in [-0.4, -0.2) is 23.9 Å². The number of halogens is 3. The van der Waals surface area contributed by atoms with Crippen LogP contribution in [0.5, 0.6) is 0 Å². The van der Waals surface area contributed by atoms with Crippen LogP contribution in [0.1, 0.15) is 42.4 Å². The monoisotopic (exact) mass is 396 g/mol. The van der Waals surface area contributed by atoms with E-state index in [-0.39, 0.29) is 18.3 Å². The van der Waals surface area contributed by atoms with Crippen LogP contribution in [0.3, 0.4) is 0 Å². The Morgan fingerprint density at radius 2 is 1.89 bits per heavy atom. The van der Waals surface area contributed by atoms with Gasteiger partial charge in [0, 0.05) is 13.0 Å². The highest BCUT2D eigenvalue weighted by Gasteiger charge is 2.56. The number of aliphatic hydroxyl groups is 1. The number of hydrogen-bond acceptors (Lipinski definition) is 3. The molecule has 152 valence electrons. The maximum atomic E-state index is 13.4. The van der Waals surface area contributed by atoms with Crippen LogP contribution in [0.4, 0.5) is 18.0 Å². The van der Waals surface area contributed by atoms with Crippen molar-refractivity contribution in [3.8, 4) is 0 Å². The molecule has 1 aromatic carbocycles. The van der Waals surface area contributed by atoms with Gasteiger partial charge in [-0.15, -0.1) is 0 Å². The zero-order valence-corrected chi connectivity index (χ0v) is 15.4. The molecule has 0 aliphatic heterocycles. The van der Waals surface area contributed by atoms with Crippen molar-refractivity contribution in [3.05, 3.63) is 59.5 Å². The summed E-state index contributed by atoms with van der Waals surface area (Å²) in [5.74, 6) is 0.00437. The first-order valence-electron chi connectivity index (χ1n) is 9.16. The van der Waals surface area contributed by atoms with Crippen LogP contribution in [0.2, 0.25) is 0 Å². The summed E-state index contributed by atoms with van der Waals surface area (Å²) in [6, 6.07) is 11.1. The number of carbonyl (C=O) groups excluding carboxylic acids is 1. The van der Waals surface area contributed by atoms with E-state index < -0.39 is 30.0 Å². The molecule has 0 saturated heterocycles. The molecule has 0 unspecified atom stereocenters. The Balaban J connectivity index is 1.60. The molecule has 5 nitrogen and oxygen atoms in total. The molecule has 1 fully saturated rings. The summed E-state index contributed by atoms with van der Waals surface area (Å²) in [4.78, 5) is 12.2. The lowest BCUT2D eigenvalue weighted by molar-refractivity contribution is -0.274. The number of nitrogens with one attached hydrogen (secondary N) is 2. The van der Waals surface area contributed by atoms with Crippen molar-refractivity contribution in [3.63, 3.8) is 0 Å². The number of amides is 2. The number of furan rings is 1. The Bertz CT molecular complexity index is 803. The SMILES string of the molecule is Cc1ccc([C@@](O)(CCNC(=O)N[C@H](c2ccccc2)C2CC2)C(F)(F)F)o1. The molecule has 2 amide bonds. The smallest absolute Gasteiger partial charge is 0.424 e. The van der Waals surface area contributed by atoms with Crippen molar-refractivity contribution >= 4 is 6.03 Å². The van der Waals surface area contributed by atoms with E-state index in [1.165, 1.54) is 13.0 Å². The number of aryl methyl sites for hydroxylation is 1. The van der Waals surface area contributed by atoms with Gasteiger partial charge in [0.05, 0.1) is 6.04 Å². The van der Waals surface area contributed by atoms with Gasteiger partial charge in [0.2, 0.25) is 5.60 Å². The molecule has 2 aromatic rings. The van der Waals surface area contributed by atoms with Gasteiger partial charge in [-0.2, -0.15) is 13.2 Å². The highest BCUT2D eigenvalue weighted by molar-refractivity contribution is 5.74. The fourth-order valence-electron chi connectivity index (χ4n) is 3.17. The highest BCUT2D eigenvalue weighted by Crippen LogP contribution is 2.42. The van der Waals surface area contributed by atoms with E-state index in [1.807, 2.05) is 30.3 Å². The molecule has 3 rings (SSSR count). The van der Waals surface area contributed by atoms with E-state index in [2.05, 4.69) is 10.6 Å². The second-order valence-electron chi connectivity index (χ2n) is 7.14. The van der Waals surface area contributed by atoms with Gasteiger partial charge in [0.1, 0.15) is 11.5 Å². The molecule has 0 bridgehead atoms. The van der Waals surface area contributed by atoms with Gasteiger partial charge in [0.15, 0.2) is 0 Å². The van der Waals surface area contributed by atoms with Crippen LogP contribution >= 0.6 is 0 Å². The molecule has 1 heterocycles. The lowest BCUT2D eigenvalue weighted by Gasteiger charge is -2.28. The maximum Gasteiger partial charge on any atom is 0.424 e. The van der Waals surface area contributed by atoms with E-state index in [9.17, 15) is 23.1 Å². The molecule has 1 saturated carbocycles. The summed E-state index contributed by atoms with van der Waals surface area (Å²) >= 11 is 0. The molecule has 1 aliphatic rings. The van der Waals surface area contributed by atoms with Crippen LogP contribution in [0, 0.1) is 12.8 Å². The number of urea groups is 1. The minimum absolute atomic E-state index is 0.185. The van der Waals surface area contributed by atoms with Gasteiger partial charge >= 0.3 is 12.2 Å². The average Bonchev–Trinajstić information content (AvgIpc) is 3.39. The number of rotatable bonds is 7. The molecule has 1 aliphatic carbocycles. The van der Waals surface area contributed by atoms with Gasteiger partial charge in [-0.05, 0) is 43.4 Å². The van der Waals surface area contributed by atoms with E-state index in [0.29, 0.717) is 5.92 Å². The highest BCUT2D eigenvalue weighted by atomic mass is 19.4. The van der Waals surface area contributed by atoms with Gasteiger partial charge in [-0.3, -0.25) is 0 Å². The summed E-state index contributed by atoms with van der Waals surface area (Å²) in [5.41, 5.74) is -2.21. The standard InChI is InChI=1S/C20H23F3N2O3/c1-13-7-10-16(28-13)19(27,20(21,22)23)11-12-24-18(26)25-17(15-8-9-15)14-5-3-2-4-6-14/h2-7,10,15,17,27H,8-9,11-12H2,1H3,(H2,24,25,26)/t17-,19+/m1/s1. The van der Waals surface area contributed by atoms with Crippen molar-refractivity contribution in [2.24, 2.45) is 5.92 Å². The number of benzene rings is 1. The number of carbonyl (C=O) groups is 1. The Hall–Kier alpha value is -2.48. The first-order chi connectivity index (χ1) is 13.2. The van der Waals surface area contributed by atoms with Crippen molar-refractivity contribution in [2.75, 3.05) is 6.54 Å². The Morgan fingerprint density at radius 3 is 2.43 bits per heavy atom. The summed E-state index contributed by atoms with van der Waals surface area (Å²) in [6.07, 6.45) is -3.70. The van der Waals surface area contributed by atoms with Crippen molar-refractivity contribution in [1.82, 2.24) is 10.6 Å². The predicted molar refractivity (Wildman–Crippen MR) is 96.5 cm³/mol. The molecule has 0 radical (unpaired) electrons. The average molecular weight is 396 g/mol. The summed E-state index contributed by atoms with van der Waals surface area (Å²) < 4.78 is 45.3. The van der Waals surface area contributed by atoms with E-state index in [4.69, 9.17) is 4.42 Å². The molecule has 1 aromatic heterocycles. The first kappa shape index (κ1) is 20.3. The Labute approximate surface area is 160 Å². The quantitative estimate of drug-likeness (QED) is 0.657. The fraction of sp³-hybridized carbons (Fsp3) is 0.450. The lowest BCUT2D eigenvalue weighted by atomic mass is 9.96. The summed E-state index contributed by atoms with van der Waals surface area (Å²) in [6.45, 7) is 1.13. The Morgan fingerprint density at radius 1 is 1.21 bits per heavy atom. The maximum absolute atomic E-state index is 13.4. The van der Waals surface area contributed by atoms with Crippen molar-refractivity contribution < 1.29 is 27.5 Å². The molecule has 0 spiro atoms. The molecule has 2 atom stereocenters. The fourth-order valence-corrected chi connectivity index (χ4v) is 3.17. The second kappa shape index (κ2) is 7.87. The predicted octanol–water partition coefficient (Wildman–Crippen LogP) is 4.18. The van der Waals surface area contributed by atoms with E-state index >= 15 is 0 Å². The van der Waals surface area contributed by atoms with Crippen LogP contribution in [0.15, 0.2) is 46.9 Å². The van der Waals surface area contributed by atoms with E-state index in [0.717, 1.165) is 24.5 Å². The topological polar surface area (TPSA) is 74.5 Å². The van der Waals surface area contributed by atoms with Crippen LogP contribution in [-0.2, 0) is 5.60 Å². The van der Waals surface area contributed by atoms with Gasteiger partial charge < -0.3 is 20.2 Å². The zero-order chi connectivity index (χ0) is 20.4. The van der Waals surface area contributed by atoms with Gasteiger partial charge in [0.25, 0.3) is 0 Å². The first-order valence-corrected chi connectivity index (χ1v) is 9.16. The van der Waals surface area contributed by atoms with Crippen LogP contribution in [0.25, 0.3) is 0 Å². The third kappa shape index (κ3) is 4.49. The number of alkyl halides is 3. The summed E-state index contributed by atoms with van der Waals surface area (Å²) in [5, 5.41) is 15.5. The van der Waals surface area contributed by atoms with E-state index in [1.54, 1.807) is 0 Å². The zero-order valence-electron chi connectivity index (χ0n) is 15.4. The molecule has 28 heavy (non-hydrogen) atoms. The lowest BCUT2D eigenvalue weighted by Crippen LogP contribution is -2.46. The summed E-state index contributed by atoms with van der Waals surface area (Å²) in [7, 11) is 0. The van der Waals surface area contributed by atoms with Crippen molar-refractivity contribution in [1.29, 1.82) is 0 Å². The van der Waals surface area contributed by atoms with Crippen molar-refractivity contribution in [2.45, 2.75) is 44.0 Å². The Kier molecular flexibility index (Phi) is 5.69. The molecule has 3 N–H and O–H groups in total. The largest absolute Gasteiger partial charge is 0.463 e. The molecular formula is C20H23F3N2O3. The number of hydrogen-bond donors (Lipinski definition) is 3. The minimum Gasteiger partial charge on any atom is -0.463 e. The molecule has 8 heteroatoms. The van der Waals surface area contributed by atoms with Crippen LogP contribution < -0.4 is 10.6 Å². The van der Waals surface area contributed by atoms with Gasteiger partial charge in [-0.1, -0.05) is 30.3 Å². The third-order valence-electron chi connectivity index (χ3n) is 4.93. The molecular weight excluding hydrogens is 373 g/mol. The second-order valence-corrected chi connectivity index (χ2v) is 7.14. The third-order valence-corrected chi connectivity index (χ3v) is 4.93. The normalized spacial score (nSPS) is 17.6. The van der Waals surface area contributed by atoms with Gasteiger partial charge in [-0.25, -0.2) is 4.79 Å².